The standard InChI is InChI=1S/C17H20N4O2/c1-13-10-18-12-19-17(13)14-2-8-21(9-3-14)16(23)11-20-6-4-15(22)5-7-20/h4-7,10,12,14H,2-3,8-9,11H2,1H3. The van der Waals surface area contributed by atoms with Crippen molar-refractivity contribution in [3.05, 3.63) is 58.5 Å². The first-order valence-electron chi connectivity index (χ1n) is 7.84. The van der Waals surface area contributed by atoms with E-state index < -0.39 is 0 Å². The molecule has 3 rings (SSSR count). The van der Waals surface area contributed by atoms with Gasteiger partial charge in [-0.15, -0.1) is 0 Å². The number of nitrogens with zero attached hydrogens (tertiary/aromatic N) is 4. The van der Waals surface area contributed by atoms with E-state index in [-0.39, 0.29) is 17.9 Å². The maximum absolute atomic E-state index is 12.4. The van der Waals surface area contributed by atoms with E-state index in [4.69, 9.17) is 0 Å². The summed E-state index contributed by atoms with van der Waals surface area (Å²) in [5.74, 6) is 0.487. The molecule has 0 saturated carbocycles. The smallest absolute Gasteiger partial charge is 0.242 e. The number of carbonyl (C=O) groups excluding carboxylic acids is 1. The normalized spacial score (nSPS) is 15.6. The SMILES string of the molecule is Cc1cncnc1C1CCN(C(=O)Cn2ccc(=O)cc2)CC1. The summed E-state index contributed by atoms with van der Waals surface area (Å²) in [6.45, 7) is 3.79. The molecule has 6 heteroatoms. The number of carbonyl (C=O) groups is 1. The molecule has 2 aromatic rings. The molecule has 0 spiro atoms. The molecular weight excluding hydrogens is 292 g/mol. The second-order valence-electron chi connectivity index (χ2n) is 5.95. The van der Waals surface area contributed by atoms with Gasteiger partial charge in [0.15, 0.2) is 5.43 Å². The molecule has 1 fully saturated rings. The van der Waals surface area contributed by atoms with E-state index in [2.05, 4.69) is 9.97 Å². The van der Waals surface area contributed by atoms with Crippen molar-refractivity contribution in [1.82, 2.24) is 19.4 Å². The van der Waals surface area contributed by atoms with Crippen molar-refractivity contribution in [2.45, 2.75) is 32.2 Å². The molecule has 23 heavy (non-hydrogen) atoms. The van der Waals surface area contributed by atoms with Crippen molar-refractivity contribution < 1.29 is 4.79 Å². The predicted molar refractivity (Wildman–Crippen MR) is 86.0 cm³/mol. The van der Waals surface area contributed by atoms with Crippen LogP contribution in [0.3, 0.4) is 0 Å². The number of amides is 1. The Labute approximate surface area is 134 Å². The summed E-state index contributed by atoms with van der Waals surface area (Å²) in [5, 5.41) is 0. The predicted octanol–water partition coefficient (Wildman–Crippen LogP) is 1.35. The molecule has 2 aromatic heterocycles. The Balaban J connectivity index is 1.58. The van der Waals surface area contributed by atoms with E-state index in [1.807, 2.05) is 18.0 Å². The lowest BCUT2D eigenvalue weighted by molar-refractivity contribution is -0.132. The molecule has 120 valence electrons. The second kappa shape index (κ2) is 6.73. The van der Waals surface area contributed by atoms with Gasteiger partial charge in [0, 0.05) is 55.4 Å². The van der Waals surface area contributed by atoms with Crippen molar-refractivity contribution in [2.75, 3.05) is 13.1 Å². The largest absolute Gasteiger partial charge is 0.345 e. The van der Waals surface area contributed by atoms with Gasteiger partial charge >= 0.3 is 0 Å². The van der Waals surface area contributed by atoms with Crippen molar-refractivity contribution in [2.24, 2.45) is 0 Å². The highest BCUT2D eigenvalue weighted by molar-refractivity contribution is 5.76. The molecule has 1 aliphatic rings. The van der Waals surface area contributed by atoms with Crippen molar-refractivity contribution in [1.29, 1.82) is 0 Å². The van der Waals surface area contributed by atoms with Crippen LogP contribution in [0.5, 0.6) is 0 Å². The van der Waals surface area contributed by atoms with E-state index in [0.29, 0.717) is 5.92 Å². The van der Waals surface area contributed by atoms with E-state index in [1.54, 1.807) is 23.3 Å². The minimum atomic E-state index is -0.0465. The third-order valence-corrected chi connectivity index (χ3v) is 4.35. The molecule has 6 nitrogen and oxygen atoms in total. The summed E-state index contributed by atoms with van der Waals surface area (Å²) in [6, 6.07) is 2.94. The molecule has 0 atom stereocenters. The van der Waals surface area contributed by atoms with Crippen LogP contribution in [0, 0.1) is 6.92 Å². The Morgan fingerprint density at radius 1 is 1.26 bits per heavy atom. The molecule has 0 N–H and O–H groups in total. The Morgan fingerprint density at radius 3 is 2.61 bits per heavy atom. The fourth-order valence-electron chi connectivity index (χ4n) is 3.04. The first-order valence-corrected chi connectivity index (χ1v) is 7.84. The van der Waals surface area contributed by atoms with E-state index in [9.17, 15) is 9.59 Å². The van der Waals surface area contributed by atoms with Crippen LogP contribution in [0.25, 0.3) is 0 Å². The minimum absolute atomic E-state index is 0.0465. The van der Waals surface area contributed by atoms with E-state index in [1.165, 1.54) is 12.1 Å². The van der Waals surface area contributed by atoms with Crippen molar-refractivity contribution >= 4 is 5.91 Å². The van der Waals surface area contributed by atoms with Crippen LogP contribution in [0.2, 0.25) is 0 Å². The van der Waals surface area contributed by atoms with Gasteiger partial charge in [0.05, 0.1) is 0 Å². The van der Waals surface area contributed by atoms with Crippen molar-refractivity contribution in [3.8, 4) is 0 Å². The molecular formula is C17H20N4O2. The first kappa shape index (κ1) is 15.4. The van der Waals surface area contributed by atoms with Gasteiger partial charge in [-0.25, -0.2) is 9.97 Å². The Bertz CT molecular complexity index is 728. The first-order chi connectivity index (χ1) is 11.1. The Hall–Kier alpha value is -2.50. The lowest BCUT2D eigenvalue weighted by Crippen LogP contribution is -2.40. The second-order valence-corrected chi connectivity index (χ2v) is 5.95. The zero-order valence-electron chi connectivity index (χ0n) is 13.2. The van der Waals surface area contributed by atoms with Crippen LogP contribution < -0.4 is 5.43 Å². The maximum Gasteiger partial charge on any atom is 0.242 e. The number of piperidine rings is 1. The topological polar surface area (TPSA) is 68.1 Å². The molecule has 0 aromatic carbocycles. The van der Waals surface area contributed by atoms with Gasteiger partial charge < -0.3 is 9.47 Å². The maximum atomic E-state index is 12.4. The summed E-state index contributed by atoms with van der Waals surface area (Å²) in [4.78, 5) is 33.8. The van der Waals surface area contributed by atoms with Crippen LogP contribution in [-0.2, 0) is 11.3 Å². The van der Waals surface area contributed by atoms with E-state index in [0.717, 1.165) is 37.2 Å². The fraction of sp³-hybridized carbons (Fsp3) is 0.412. The number of aromatic nitrogens is 3. The van der Waals surface area contributed by atoms with Gasteiger partial charge in [0.2, 0.25) is 5.91 Å². The van der Waals surface area contributed by atoms with Crippen LogP contribution in [-0.4, -0.2) is 38.4 Å². The monoisotopic (exact) mass is 312 g/mol. The average Bonchev–Trinajstić information content (AvgIpc) is 2.57. The third-order valence-electron chi connectivity index (χ3n) is 4.35. The highest BCUT2D eigenvalue weighted by atomic mass is 16.2. The summed E-state index contributed by atoms with van der Waals surface area (Å²) in [6.07, 6.45) is 8.59. The molecule has 1 saturated heterocycles. The lowest BCUT2D eigenvalue weighted by Gasteiger charge is -2.32. The molecule has 0 bridgehead atoms. The summed E-state index contributed by atoms with van der Waals surface area (Å²) in [7, 11) is 0. The van der Waals surface area contributed by atoms with Gasteiger partial charge in [-0.3, -0.25) is 9.59 Å². The third kappa shape index (κ3) is 3.64. The Morgan fingerprint density at radius 2 is 1.96 bits per heavy atom. The van der Waals surface area contributed by atoms with Crippen LogP contribution in [0.15, 0.2) is 41.8 Å². The number of likely N-dealkylation sites (tertiary alicyclic amines) is 1. The Kier molecular flexibility index (Phi) is 4.50. The number of rotatable bonds is 3. The lowest BCUT2D eigenvalue weighted by atomic mass is 9.91. The summed E-state index contributed by atoms with van der Waals surface area (Å²) >= 11 is 0. The quantitative estimate of drug-likeness (QED) is 0.858. The number of hydrogen-bond donors (Lipinski definition) is 0. The van der Waals surface area contributed by atoms with Crippen LogP contribution in [0.4, 0.5) is 0 Å². The summed E-state index contributed by atoms with van der Waals surface area (Å²) < 4.78 is 1.74. The zero-order chi connectivity index (χ0) is 16.2. The molecule has 3 heterocycles. The summed E-state index contributed by atoms with van der Waals surface area (Å²) in [5.41, 5.74) is 2.17. The number of hydrogen-bond acceptors (Lipinski definition) is 4. The molecule has 0 aliphatic carbocycles. The van der Waals surface area contributed by atoms with Gasteiger partial charge in [0.25, 0.3) is 0 Å². The van der Waals surface area contributed by atoms with Gasteiger partial charge in [0.1, 0.15) is 12.9 Å². The van der Waals surface area contributed by atoms with Crippen molar-refractivity contribution in [3.63, 3.8) is 0 Å². The van der Waals surface area contributed by atoms with Gasteiger partial charge in [-0.2, -0.15) is 0 Å². The highest BCUT2D eigenvalue weighted by Crippen LogP contribution is 2.28. The van der Waals surface area contributed by atoms with Gasteiger partial charge in [-0.1, -0.05) is 0 Å². The molecule has 1 aliphatic heterocycles. The average molecular weight is 312 g/mol. The van der Waals surface area contributed by atoms with Crippen LogP contribution >= 0.6 is 0 Å². The highest BCUT2D eigenvalue weighted by Gasteiger charge is 2.25. The molecule has 0 unspecified atom stereocenters. The van der Waals surface area contributed by atoms with Gasteiger partial charge in [-0.05, 0) is 25.3 Å². The zero-order valence-corrected chi connectivity index (χ0v) is 13.2. The fourth-order valence-corrected chi connectivity index (χ4v) is 3.04. The number of aryl methyl sites for hydroxylation is 1. The molecule has 1 amide bonds. The molecule has 0 radical (unpaired) electrons. The minimum Gasteiger partial charge on any atom is -0.345 e. The number of pyridine rings is 1. The van der Waals surface area contributed by atoms with E-state index >= 15 is 0 Å². The van der Waals surface area contributed by atoms with Crippen LogP contribution in [0.1, 0.15) is 30.0 Å².